The number of rotatable bonds is 7. The van der Waals surface area contributed by atoms with E-state index in [2.05, 4.69) is 20.3 Å². The highest BCUT2D eigenvalue weighted by Crippen LogP contribution is 2.28. The number of ether oxygens (including phenoxy) is 3. The minimum absolute atomic E-state index is 0.139. The van der Waals surface area contributed by atoms with Crippen molar-refractivity contribution in [1.82, 2.24) is 24.8 Å². The summed E-state index contributed by atoms with van der Waals surface area (Å²) in [6.45, 7) is 2.34. The standard InChI is InChI=1S/C24H20FN5O3/c1-3-32-22-8-4-15(12-18(22)25)19-7-9-23-27-28-24(30(23)29-19)14-33-21-10-11-26-20-13-16(31-2)5-6-17(20)21/h4-13H,3,14H2,1-2H3. The Balaban J connectivity index is 1.43. The van der Waals surface area contributed by atoms with Crippen molar-refractivity contribution in [2.75, 3.05) is 13.7 Å². The Bertz CT molecular complexity index is 1450. The van der Waals surface area contributed by atoms with Crippen LogP contribution < -0.4 is 14.2 Å². The first-order valence-corrected chi connectivity index (χ1v) is 10.4. The van der Waals surface area contributed by atoms with Crippen LogP contribution in [0.1, 0.15) is 12.7 Å². The maximum absolute atomic E-state index is 14.3. The second-order valence-electron chi connectivity index (χ2n) is 7.16. The van der Waals surface area contributed by atoms with E-state index in [9.17, 15) is 4.39 Å². The first kappa shape index (κ1) is 20.6. The summed E-state index contributed by atoms with van der Waals surface area (Å²) in [5.74, 6) is 1.66. The van der Waals surface area contributed by atoms with Crippen LogP contribution in [-0.2, 0) is 6.61 Å². The van der Waals surface area contributed by atoms with E-state index in [1.165, 1.54) is 6.07 Å². The maximum Gasteiger partial charge on any atom is 0.192 e. The summed E-state index contributed by atoms with van der Waals surface area (Å²) in [4.78, 5) is 4.37. The summed E-state index contributed by atoms with van der Waals surface area (Å²) in [6.07, 6.45) is 1.68. The molecule has 166 valence electrons. The molecule has 0 aliphatic rings. The van der Waals surface area contributed by atoms with Crippen molar-refractivity contribution in [1.29, 1.82) is 0 Å². The molecule has 0 saturated carbocycles. The van der Waals surface area contributed by atoms with Gasteiger partial charge in [0, 0.05) is 23.2 Å². The molecule has 0 aliphatic carbocycles. The summed E-state index contributed by atoms with van der Waals surface area (Å²) in [5.41, 5.74) is 2.52. The van der Waals surface area contributed by atoms with E-state index in [0.717, 1.165) is 16.7 Å². The van der Waals surface area contributed by atoms with Crippen molar-refractivity contribution in [2.45, 2.75) is 13.5 Å². The zero-order valence-electron chi connectivity index (χ0n) is 18.0. The Morgan fingerprint density at radius 3 is 2.67 bits per heavy atom. The minimum atomic E-state index is -0.440. The molecule has 3 heterocycles. The zero-order valence-corrected chi connectivity index (χ0v) is 18.0. The quantitative estimate of drug-likeness (QED) is 0.366. The van der Waals surface area contributed by atoms with Crippen molar-refractivity contribution in [3.05, 3.63) is 72.4 Å². The lowest BCUT2D eigenvalue weighted by Gasteiger charge is -2.09. The van der Waals surface area contributed by atoms with E-state index in [-0.39, 0.29) is 12.4 Å². The van der Waals surface area contributed by atoms with Crippen molar-refractivity contribution < 1.29 is 18.6 Å². The molecule has 0 radical (unpaired) electrons. The van der Waals surface area contributed by atoms with E-state index in [1.807, 2.05) is 25.1 Å². The Morgan fingerprint density at radius 1 is 0.939 bits per heavy atom. The van der Waals surface area contributed by atoms with E-state index in [0.29, 0.717) is 35.1 Å². The average molecular weight is 445 g/mol. The van der Waals surface area contributed by atoms with Crippen LogP contribution in [0.4, 0.5) is 4.39 Å². The SMILES string of the molecule is CCOc1ccc(-c2ccc3nnc(COc4ccnc5cc(OC)ccc45)n3n2)cc1F. The second kappa shape index (κ2) is 8.70. The molecule has 0 N–H and O–H groups in total. The van der Waals surface area contributed by atoms with Crippen molar-refractivity contribution in [2.24, 2.45) is 0 Å². The number of hydrogen-bond donors (Lipinski definition) is 0. The van der Waals surface area contributed by atoms with Crippen LogP contribution in [0.15, 0.2) is 60.8 Å². The molecular weight excluding hydrogens is 425 g/mol. The number of hydrogen-bond acceptors (Lipinski definition) is 7. The normalized spacial score (nSPS) is 11.1. The molecule has 33 heavy (non-hydrogen) atoms. The van der Waals surface area contributed by atoms with Gasteiger partial charge in [-0.3, -0.25) is 4.98 Å². The highest BCUT2D eigenvalue weighted by atomic mass is 19.1. The Morgan fingerprint density at radius 2 is 1.85 bits per heavy atom. The molecule has 0 atom stereocenters. The number of aromatic nitrogens is 5. The van der Waals surface area contributed by atoms with Crippen molar-refractivity contribution in [3.8, 4) is 28.5 Å². The zero-order chi connectivity index (χ0) is 22.8. The molecular formula is C24H20FN5O3. The van der Waals surface area contributed by atoms with Gasteiger partial charge in [-0.1, -0.05) is 0 Å². The molecule has 2 aromatic carbocycles. The van der Waals surface area contributed by atoms with E-state index in [4.69, 9.17) is 14.2 Å². The van der Waals surface area contributed by atoms with Gasteiger partial charge in [0.1, 0.15) is 18.1 Å². The average Bonchev–Trinajstić information content (AvgIpc) is 3.25. The van der Waals surface area contributed by atoms with Gasteiger partial charge in [-0.15, -0.1) is 10.2 Å². The van der Waals surface area contributed by atoms with Crippen LogP contribution in [0, 0.1) is 5.82 Å². The van der Waals surface area contributed by atoms with Crippen LogP contribution in [0.25, 0.3) is 27.8 Å². The van der Waals surface area contributed by atoms with Crippen molar-refractivity contribution >= 4 is 16.6 Å². The third-order valence-corrected chi connectivity index (χ3v) is 5.12. The third-order valence-electron chi connectivity index (χ3n) is 5.12. The van der Waals surface area contributed by atoms with E-state index >= 15 is 0 Å². The smallest absolute Gasteiger partial charge is 0.192 e. The predicted octanol–water partition coefficient (Wildman–Crippen LogP) is 4.46. The number of fused-ring (bicyclic) bond motifs is 2. The second-order valence-corrected chi connectivity index (χ2v) is 7.16. The van der Waals surface area contributed by atoms with Crippen LogP contribution in [0.2, 0.25) is 0 Å². The van der Waals surface area contributed by atoms with Gasteiger partial charge in [0.15, 0.2) is 23.0 Å². The molecule has 0 unspecified atom stereocenters. The van der Waals surface area contributed by atoms with Crippen LogP contribution in [0.5, 0.6) is 17.2 Å². The Labute approximate surface area is 188 Å². The van der Waals surface area contributed by atoms with Crippen LogP contribution in [-0.4, -0.2) is 38.5 Å². The fourth-order valence-corrected chi connectivity index (χ4v) is 3.51. The number of pyridine rings is 1. The molecule has 3 aromatic heterocycles. The lowest BCUT2D eigenvalue weighted by atomic mass is 10.1. The lowest BCUT2D eigenvalue weighted by Crippen LogP contribution is -2.05. The van der Waals surface area contributed by atoms with Gasteiger partial charge in [0.2, 0.25) is 0 Å². The molecule has 9 heteroatoms. The monoisotopic (exact) mass is 445 g/mol. The number of halogens is 1. The predicted molar refractivity (Wildman–Crippen MR) is 120 cm³/mol. The highest BCUT2D eigenvalue weighted by Gasteiger charge is 2.13. The molecule has 0 amide bonds. The fourth-order valence-electron chi connectivity index (χ4n) is 3.51. The van der Waals surface area contributed by atoms with Gasteiger partial charge in [-0.05, 0) is 55.5 Å². The van der Waals surface area contributed by atoms with Crippen LogP contribution >= 0.6 is 0 Å². The Hall–Kier alpha value is -4.27. The minimum Gasteiger partial charge on any atom is -0.497 e. The highest BCUT2D eigenvalue weighted by molar-refractivity contribution is 5.85. The summed E-state index contributed by atoms with van der Waals surface area (Å²) in [7, 11) is 1.61. The van der Waals surface area contributed by atoms with Gasteiger partial charge in [0.05, 0.1) is 24.9 Å². The number of nitrogens with zero attached hydrogens (tertiary/aromatic N) is 5. The van der Waals surface area contributed by atoms with Gasteiger partial charge in [-0.25, -0.2) is 4.39 Å². The summed E-state index contributed by atoms with van der Waals surface area (Å²) >= 11 is 0. The Kier molecular flexibility index (Phi) is 5.43. The number of benzene rings is 2. The third kappa shape index (κ3) is 4.00. The largest absolute Gasteiger partial charge is 0.497 e. The molecule has 0 fully saturated rings. The lowest BCUT2D eigenvalue weighted by molar-refractivity contribution is 0.296. The van der Waals surface area contributed by atoms with E-state index in [1.54, 1.807) is 48.2 Å². The first-order valence-electron chi connectivity index (χ1n) is 10.4. The molecule has 0 spiro atoms. The van der Waals surface area contributed by atoms with Gasteiger partial charge < -0.3 is 14.2 Å². The van der Waals surface area contributed by atoms with Gasteiger partial charge >= 0.3 is 0 Å². The summed E-state index contributed by atoms with van der Waals surface area (Å²) in [5, 5.41) is 13.8. The molecule has 0 aliphatic heterocycles. The maximum atomic E-state index is 14.3. The topological polar surface area (TPSA) is 83.7 Å². The fraction of sp³-hybridized carbons (Fsp3) is 0.167. The molecule has 8 nitrogen and oxygen atoms in total. The summed E-state index contributed by atoms with van der Waals surface area (Å²) in [6, 6.07) is 15.7. The molecule has 5 rings (SSSR count). The number of methoxy groups -OCH3 is 1. The first-order chi connectivity index (χ1) is 16.2. The molecule has 0 saturated heterocycles. The molecule has 0 bridgehead atoms. The van der Waals surface area contributed by atoms with Crippen molar-refractivity contribution in [3.63, 3.8) is 0 Å². The molecule has 5 aromatic rings. The van der Waals surface area contributed by atoms with E-state index < -0.39 is 5.82 Å². The van der Waals surface area contributed by atoms with Gasteiger partial charge in [0.25, 0.3) is 0 Å². The van der Waals surface area contributed by atoms with Gasteiger partial charge in [-0.2, -0.15) is 9.61 Å². The van der Waals surface area contributed by atoms with Crippen LogP contribution in [0.3, 0.4) is 0 Å². The summed E-state index contributed by atoms with van der Waals surface area (Å²) < 4.78 is 32.5.